The van der Waals surface area contributed by atoms with Crippen LogP contribution < -0.4 is 15.5 Å². The van der Waals surface area contributed by atoms with Crippen molar-refractivity contribution < 1.29 is 9.18 Å². The number of fused-ring (bicyclic) bond motifs is 1. The Morgan fingerprint density at radius 3 is 2.45 bits per heavy atom. The lowest BCUT2D eigenvalue weighted by molar-refractivity contribution is -0.117. The van der Waals surface area contributed by atoms with Crippen LogP contribution in [-0.2, 0) is 11.2 Å². The second-order valence-electron chi connectivity index (χ2n) is 7.04. The predicted octanol–water partition coefficient (Wildman–Crippen LogP) is 2.47. The molecule has 2 aliphatic rings. The monoisotopic (exact) mass is 509 g/mol. The standard InChI is InChI=1S/C21H24FN5O.HI/c22-17-5-7-18(8-6-17)25-11-13-26(14-12-25)21(23)24-9-10-27-19-4-2-1-3-16(19)15-20(27)28;/h1-8H,9-15H2,(H2,23,24);1H. The van der Waals surface area contributed by atoms with Crippen LogP contribution in [0.3, 0.4) is 0 Å². The van der Waals surface area contributed by atoms with E-state index >= 15 is 0 Å². The Labute approximate surface area is 187 Å². The van der Waals surface area contributed by atoms with Crippen LogP contribution in [0.1, 0.15) is 5.56 Å². The number of rotatable bonds is 4. The van der Waals surface area contributed by atoms with E-state index < -0.39 is 0 Å². The van der Waals surface area contributed by atoms with Crippen LogP contribution in [0.25, 0.3) is 0 Å². The van der Waals surface area contributed by atoms with Gasteiger partial charge in [-0.15, -0.1) is 24.0 Å². The summed E-state index contributed by atoms with van der Waals surface area (Å²) in [5.41, 5.74) is 9.24. The number of halogens is 2. The Morgan fingerprint density at radius 2 is 1.72 bits per heavy atom. The molecule has 1 amide bonds. The number of amides is 1. The molecule has 0 unspecified atom stereocenters. The van der Waals surface area contributed by atoms with Crippen molar-refractivity contribution in [1.82, 2.24) is 4.90 Å². The highest BCUT2D eigenvalue weighted by Gasteiger charge is 2.26. The van der Waals surface area contributed by atoms with Gasteiger partial charge in [-0.05, 0) is 35.9 Å². The number of guanidine groups is 1. The predicted molar refractivity (Wildman–Crippen MR) is 125 cm³/mol. The van der Waals surface area contributed by atoms with E-state index in [1.165, 1.54) is 12.1 Å². The van der Waals surface area contributed by atoms with Gasteiger partial charge in [-0.3, -0.25) is 9.79 Å². The molecule has 2 aliphatic heterocycles. The molecule has 2 aromatic carbocycles. The number of anilines is 2. The first kappa shape index (κ1) is 21.4. The summed E-state index contributed by atoms with van der Waals surface area (Å²) in [5, 5.41) is 0. The van der Waals surface area contributed by atoms with Gasteiger partial charge in [0, 0.05) is 44.1 Å². The van der Waals surface area contributed by atoms with Crippen LogP contribution in [0, 0.1) is 5.82 Å². The number of hydrogen-bond acceptors (Lipinski definition) is 3. The number of benzene rings is 2. The summed E-state index contributed by atoms with van der Waals surface area (Å²) >= 11 is 0. The zero-order chi connectivity index (χ0) is 19.5. The smallest absolute Gasteiger partial charge is 0.231 e. The zero-order valence-electron chi connectivity index (χ0n) is 16.1. The highest BCUT2D eigenvalue weighted by atomic mass is 127. The maximum Gasteiger partial charge on any atom is 0.231 e. The highest BCUT2D eigenvalue weighted by molar-refractivity contribution is 14.0. The number of carbonyl (C=O) groups is 1. The van der Waals surface area contributed by atoms with Crippen molar-refractivity contribution in [3.63, 3.8) is 0 Å². The van der Waals surface area contributed by atoms with E-state index in [-0.39, 0.29) is 35.7 Å². The van der Waals surface area contributed by atoms with Crippen LogP contribution in [0.15, 0.2) is 53.5 Å². The number of para-hydroxylation sites is 1. The molecule has 2 heterocycles. The quantitative estimate of drug-likeness (QED) is 0.391. The minimum absolute atomic E-state index is 0. The molecule has 154 valence electrons. The molecule has 1 saturated heterocycles. The fourth-order valence-corrected chi connectivity index (χ4v) is 3.77. The van der Waals surface area contributed by atoms with Gasteiger partial charge < -0.3 is 20.4 Å². The summed E-state index contributed by atoms with van der Waals surface area (Å²) in [4.78, 5) is 22.8. The first-order valence-electron chi connectivity index (χ1n) is 9.55. The molecule has 0 aromatic heterocycles. The van der Waals surface area contributed by atoms with Crippen LogP contribution in [0.4, 0.5) is 15.8 Å². The van der Waals surface area contributed by atoms with Gasteiger partial charge in [0.15, 0.2) is 5.96 Å². The first-order valence-corrected chi connectivity index (χ1v) is 9.55. The zero-order valence-corrected chi connectivity index (χ0v) is 18.5. The van der Waals surface area contributed by atoms with Crippen molar-refractivity contribution in [1.29, 1.82) is 0 Å². The Hall–Kier alpha value is -2.36. The van der Waals surface area contributed by atoms with Crippen molar-refractivity contribution in [3.05, 3.63) is 59.9 Å². The second-order valence-corrected chi connectivity index (χ2v) is 7.04. The number of piperazine rings is 1. The van der Waals surface area contributed by atoms with Crippen LogP contribution >= 0.6 is 24.0 Å². The number of aliphatic imine (C=N–C) groups is 1. The lowest BCUT2D eigenvalue weighted by Crippen LogP contribution is -2.51. The molecular formula is C21H25FIN5O. The Morgan fingerprint density at radius 1 is 1.03 bits per heavy atom. The third-order valence-electron chi connectivity index (χ3n) is 5.32. The van der Waals surface area contributed by atoms with Crippen molar-refractivity contribution in [2.24, 2.45) is 10.7 Å². The lowest BCUT2D eigenvalue weighted by Gasteiger charge is -2.36. The van der Waals surface area contributed by atoms with Crippen LogP contribution in [-0.4, -0.2) is 56.0 Å². The van der Waals surface area contributed by atoms with Gasteiger partial charge >= 0.3 is 0 Å². The van der Waals surface area contributed by atoms with Gasteiger partial charge in [-0.25, -0.2) is 4.39 Å². The molecule has 2 aromatic rings. The molecule has 0 radical (unpaired) electrons. The van der Waals surface area contributed by atoms with E-state index in [0.29, 0.717) is 25.5 Å². The summed E-state index contributed by atoms with van der Waals surface area (Å²) in [6.07, 6.45) is 0.459. The van der Waals surface area contributed by atoms with Crippen molar-refractivity contribution in [2.45, 2.75) is 6.42 Å². The first-order chi connectivity index (χ1) is 13.6. The largest absolute Gasteiger partial charge is 0.370 e. The fraction of sp³-hybridized carbons (Fsp3) is 0.333. The summed E-state index contributed by atoms with van der Waals surface area (Å²) < 4.78 is 13.1. The molecule has 1 fully saturated rings. The van der Waals surface area contributed by atoms with E-state index in [0.717, 1.165) is 43.1 Å². The fourth-order valence-electron chi connectivity index (χ4n) is 3.77. The van der Waals surface area contributed by atoms with Gasteiger partial charge in [0.05, 0.1) is 13.0 Å². The van der Waals surface area contributed by atoms with Gasteiger partial charge in [0.25, 0.3) is 0 Å². The molecule has 4 rings (SSSR count). The maximum atomic E-state index is 13.1. The normalized spacial score (nSPS) is 16.7. The lowest BCUT2D eigenvalue weighted by atomic mass is 10.2. The minimum atomic E-state index is -0.224. The van der Waals surface area contributed by atoms with Gasteiger partial charge in [0.2, 0.25) is 5.91 Å². The van der Waals surface area contributed by atoms with Crippen molar-refractivity contribution >= 4 is 47.2 Å². The van der Waals surface area contributed by atoms with Gasteiger partial charge in [-0.2, -0.15) is 0 Å². The molecule has 29 heavy (non-hydrogen) atoms. The summed E-state index contributed by atoms with van der Waals surface area (Å²) in [6, 6.07) is 14.4. The van der Waals surface area contributed by atoms with Crippen LogP contribution in [0.5, 0.6) is 0 Å². The van der Waals surface area contributed by atoms with Crippen molar-refractivity contribution in [2.75, 3.05) is 49.1 Å². The van der Waals surface area contributed by atoms with Gasteiger partial charge in [-0.1, -0.05) is 18.2 Å². The summed E-state index contributed by atoms with van der Waals surface area (Å²) in [7, 11) is 0. The van der Waals surface area contributed by atoms with Crippen molar-refractivity contribution in [3.8, 4) is 0 Å². The molecule has 0 bridgehead atoms. The topological polar surface area (TPSA) is 65.2 Å². The van der Waals surface area contributed by atoms with E-state index in [4.69, 9.17) is 5.73 Å². The summed E-state index contributed by atoms with van der Waals surface area (Å²) in [5.74, 6) is 0.402. The molecule has 8 heteroatoms. The molecule has 0 spiro atoms. The molecular weight excluding hydrogens is 484 g/mol. The second kappa shape index (κ2) is 9.43. The number of hydrogen-bond donors (Lipinski definition) is 1. The highest BCUT2D eigenvalue weighted by Crippen LogP contribution is 2.27. The Balaban J connectivity index is 0.00000240. The van der Waals surface area contributed by atoms with Crippen LogP contribution in [0.2, 0.25) is 0 Å². The average molecular weight is 509 g/mol. The van der Waals surface area contributed by atoms with E-state index in [1.54, 1.807) is 17.0 Å². The molecule has 0 aliphatic carbocycles. The van der Waals surface area contributed by atoms with E-state index in [2.05, 4.69) is 14.8 Å². The number of nitrogens with zero attached hydrogens (tertiary/aromatic N) is 4. The number of carbonyl (C=O) groups excluding carboxylic acids is 1. The molecule has 6 nitrogen and oxygen atoms in total. The minimum Gasteiger partial charge on any atom is -0.370 e. The Bertz CT molecular complexity index is 881. The third kappa shape index (κ3) is 4.80. The molecule has 0 atom stereocenters. The third-order valence-corrected chi connectivity index (χ3v) is 5.32. The van der Waals surface area contributed by atoms with Gasteiger partial charge in [0.1, 0.15) is 5.82 Å². The molecule has 2 N–H and O–H groups in total. The SMILES string of the molecule is I.NC(=NCCN1C(=O)Cc2ccccc21)N1CCN(c2ccc(F)cc2)CC1. The maximum absolute atomic E-state index is 13.1. The average Bonchev–Trinajstić information content (AvgIpc) is 3.04. The number of nitrogens with two attached hydrogens (primary N) is 1. The molecule has 0 saturated carbocycles. The van der Waals surface area contributed by atoms with E-state index in [1.807, 2.05) is 24.3 Å². The summed E-state index contributed by atoms with van der Waals surface area (Å²) in [6.45, 7) is 4.15. The van der Waals surface area contributed by atoms with E-state index in [9.17, 15) is 9.18 Å². The Kier molecular flexibility index (Phi) is 6.94.